The molecular formula is C23H27N3O3S. The molecule has 0 radical (unpaired) electrons. The normalized spacial score (nSPS) is 15.7. The Morgan fingerprint density at radius 3 is 2.60 bits per heavy atom. The SMILES string of the molecule is Cc1ccc(-c2c3c(nc4nc(SCCC(C)C)[nH]c(=O)c24)CC(C)(C)CC3=O)o1. The molecule has 0 amide bonds. The Bertz CT molecular complexity index is 1190. The van der Waals surface area contributed by atoms with E-state index in [1.807, 2.05) is 19.1 Å². The number of carbonyl (C=O) groups is 1. The standard InChI is InChI=1S/C23H27N3O3S/c1-12(2)8-9-30-22-25-20-19(21(28)26-22)18(16-7-6-13(3)29-16)17-14(24-20)10-23(4,5)11-15(17)27/h6-7,12H,8-11H2,1-5H3,(H,24,25,26,28). The van der Waals surface area contributed by atoms with E-state index in [0.29, 0.717) is 57.5 Å². The van der Waals surface area contributed by atoms with E-state index in [0.717, 1.165) is 17.9 Å². The molecule has 0 fully saturated rings. The van der Waals surface area contributed by atoms with Crippen LogP contribution in [0.1, 0.15) is 62.3 Å². The fraction of sp³-hybridized carbons (Fsp3) is 0.478. The van der Waals surface area contributed by atoms with Gasteiger partial charge in [0.05, 0.1) is 16.6 Å². The van der Waals surface area contributed by atoms with Gasteiger partial charge < -0.3 is 9.40 Å². The van der Waals surface area contributed by atoms with Crippen LogP contribution >= 0.6 is 11.8 Å². The van der Waals surface area contributed by atoms with Crippen molar-refractivity contribution in [3.63, 3.8) is 0 Å². The van der Waals surface area contributed by atoms with Crippen LogP contribution in [-0.4, -0.2) is 26.5 Å². The Morgan fingerprint density at radius 2 is 1.93 bits per heavy atom. The largest absolute Gasteiger partial charge is 0.461 e. The smallest absolute Gasteiger partial charge is 0.261 e. The molecule has 4 rings (SSSR count). The highest BCUT2D eigenvalue weighted by Crippen LogP contribution is 2.41. The highest BCUT2D eigenvalue weighted by molar-refractivity contribution is 7.99. The summed E-state index contributed by atoms with van der Waals surface area (Å²) in [6, 6.07) is 3.64. The molecule has 0 unspecified atom stereocenters. The van der Waals surface area contributed by atoms with Crippen LogP contribution in [0.15, 0.2) is 26.5 Å². The van der Waals surface area contributed by atoms with Crippen LogP contribution in [0.3, 0.4) is 0 Å². The predicted molar refractivity (Wildman–Crippen MR) is 119 cm³/mol. The first-order chi connectivity index (χ1) is 14.1. The van der Waals surface area contributed by atoms with Crippen molar-refractivity contribution in [2.24, 2.45) is 11.3 Å². The number of nitrogens with one attached hydrogen (secondary N) is 1. The maximum absolute atomic E-state index is 13.1. The molecule has 3 aromatic rings. The third-order valence-corrected chi connectivity index (χ3v) is 6.30. The van der Waals surface area contributed by atoms with Gasteiger partial charge in [0.2, 0.25) is 0 Å². The zero-order valence-electron chi connectivity index (χ0n) is 18.1. The Labute approximate surface area is 179 Å². The first kappa shape index (κ1) is 20.8. The third-order valence-electron chi connectivity index (χ3n) is 5.39. The van der Waals surface area contributed by atoms with Gasteiger partial charge in [0.25, 0.3) is 5.56 Å². The molecule has 6 nitrogen and oxygen atoms in total. The lowest BCUT2D eigenvalue weighted by Gasteiger charge is -2.30. The molecule has 0 bridgehead atoms. The maximum atomic E-state index is 13.1. The van der Waals surface area contributed by atoms with Gasteiger partial charge in [0.1, 0.15) is 11.5 Å². The fourth-order valence-corrected chi connectivity index (χ4v) is 5.04. The number of hydrogen-bond donors (Lipinski definition) is 1. The van der Waals surface area contributed by atoms with Gasteiger partial charge in [-0.25, -0.2) is 9.97 Å². The van der Waals surface area contributed by atoms with Crippen LogP contribution in [0, 0.1) is 18.3 Å². The second-order valence-corrected chi connectivity index (χ2v) is 10.3. The summed E-state index contributed by atoms with van der Waals surface area (Å²) in [6.45, 7) is 10.3. The molecule has 158 valence electrons. The lowest BCUT2D eigenvalue weighted by Crippen LogP contribution is -2.29. The second-order valence-electron chi connectivity index (χ2n) is 9.26. The number of nitrogens with zero attached hydrogens (tertiary/aromatic N) is 2. The lowest BCUT2D eigenvalue weighted by atomic mass is 9.74. The minimum absolute atomic E-state index is 0.00510. The molecule has 0 spiro atoms. The summed E-state index contributed by atoms with van der Waals surface area (Å²) in [4.78, 5) is 38.5. The Morgan fingerprint density at radius 1 is 1.17 bits per heavy atom. The number of rotatable bonds is 5. The summed E-state index contributed by atoms with van der Waals surface area (Å²) in [5.74, 6) is 2.67. The molecule has 0 atom stereocenters. The molecule has 3 aromatic heterocycles. The van der Waals surface area contributed by atoms with Crippen LogP contribution in [0.25, 0.3) is 22.4 Å². The number of H-pyrrole nitrogens is 1. The molecule has 1 aliphatic rings. The van der Waals surface area contributed by atoms with Gasteiger partial charge in [-0.05, 0) is 43.2 Å². The van der Waals surface area contributed by atoms with E-state index in [1.54, 1.807) is 0 Å². The molecule has 1 aliphatic carbocycles. The minimum atomic E-state index is -0.288. The van der Waals surface area contributed by atoms with Crippen LogP contribution in [0.5, 0.6) is 0 Å². The van der Waals surface area contributed by atoms with Crippen molar-refractivity contribution in [1.29, 1.82) is 0 Å². The number of aromatic amines is 1. The number of ketones is 1. The van der Waals surface area contributed by atoms with Crippen LogP contribution in [0.2, 0.25) is 0 Å². The predicted octanol–water partition coefficient (Wildman–Crippen LogP) is 5.18. The quantitative estimate of drug-likeness (QED) is 0.447. The summed E-state index contributed by atoms with van der Waals surface area (Å²) >= 11 is 1.52. The van der Waals surface area contributed by atoms with E-state index >= 15 is 0 Å². The van der Waals surface area contributed by atoms with Gasteiger partial charge in [-0.3, -0.25) is 9.59 Å². The number of pyridine rings is 1. The van der Waals surface area contributed by atoms with Crippen LogP contribution < -0.4 is 5.56 Å². The molecule has 0 aliphatic heterocycles. The van der Waals surface area contributed by atoms with Crippen LogP contribution in [0.4, 0.5) is 0 Å². The summed E-state index contributed by atoms with van der Waals surface area (Å²) in [5, 5.41) is 0.882. The van der Waals surface area contributed by atoms with E-state index < -0.39 is 0 Å². The Balaban J connectivity index is 1.95. The topological polar surface area (TPSA) is 88.9 Å². The van der Waals surface area contributed by atoms with Gasteiger partial charge >= 0.3 is 0 Å². The zero-order valence-corrected chi connectivity index (χ0v) is 18.9. The zero-order chi connectivity index (χ0) is 21.6. The number of aryl methyl sites for hydroxylation is 1. The van der Waals surface area contributed by atoms with Gasteiger partial charge in [-0.2, -0.15) is 0 Å². The molecule has 0 aromatic carbocycles. The average molecular weight is 426 g/mol. The average Bonchev–Trinajstić information content (AvgIpc) is 3.04. The molecular weight excluding hydrogens is 398 g/mol. The number of aromatic nitrogens is 3. The third kappa shape index (κ3) is 3.95. The van der Waals surface area contributed by atoms with Crippen molar-refractivity contribution >= 4 is 28.6 Å². The second kappa shape index (κ2) is 7.69. The van der Waals surface area contributed by atoms with Crippen molar-refractivity contribution in [2.75, 3.05) is 5.75 Å². The van der Waals surface area contributed by atoms with E-state index in [9.17, 15) is 9.59 Å². The Hall–Kier alpha value is -2.41. The highest BCUT2D eigenvalue weighted by Gasteiger charge is 2.36. The molecule has 3 heterocycles. The number of thioether (sulfide) groups is 1. The summed E-state index contributed by atoms with van der Waals surface area (Å²) < 4.78 is 5.85. The molecule has 0 saturated carbocycles. The summed E-state index contributed by atoms with van der Waals surface area (Å²) in [6.07, 6.45) is 2.10. The minimum Gasteiger partial charge on any atom is -0.461 e. The van der Waals surface area contributed by atoms with Gasteiger partial charge in [0, 0.05) is 17.7 Å². The fourth-order valence-electron chi connectivity index (χ4n) is 3.94. The van der Waals surface area contributed by atoms with Crippen molar-refractivity contribution in [2.45, 2.75) is 59.0 Å². The first-order valence-corrected chi connectivity index (χ1v) is 11.3. The van der Waals surface area contributed by atoms with Crippen molar-refractivity contribution in [3.8, 4) is 11.3 Å². The number of hydrogen-bond acceptors (Lipinski definition) is 6. The molecule has 1 N–H and O–H groups in total. The molecule has 7 heteroatoms. The van der Waals surface area contributed by atoms with E-state index in [2.05, 4.69) is 37.7 Å². The first-order valence-electron chi connectivity index (χ1n) is 10.3. The van der Waals surface area contributed by atoms with E-state index in [-0.39, 0.29) is 16.8 Å². The van der Waals surface area contributed by atoms with E-state index in [1.165, 1.54) is 11.8 Å². The summed E-state index contributed by atoms with van der Waals surface area (Å²) in [7, 11) is 0. The lowest BCUT2D eigenvalue weighted by molar-refractivity contribution is 0.0911. The maximum Gasteiger partial charge on any atom is 0.261 e. The van der Waals surface area contributed by atoms with Gasteiger partial charge in [-0.1, -0.05) is 39.5 Å². The summed E-state index contributed by atoms with van der Waals surface area (Å²) in [5.41, 5.74) is 1.63. The van der Waals surface area contributed by atoms with E-state index in [4.69, 9.17) is 9.40 Å². The number of fused-ring (bicyclic) bond motifs is 2. The molecule has 30 heavy (non-hydrogen) atoms. The van der Waals surface area contributed by atoms with Crippen molar-refractivity contribution in [1.82, 2.24) is 15.0 Å². The monoisotopic (exact) mass is 425 g/mol. The van der Waals surface area contributed by atoms with Gasteiger partial charge in [0.15, 0.2) is 16.6 Å². The number of furan rings is 1. The Kier molecular flexibility index (Phi) is 5.34. The molecule has 0 saturated heterocycles. The van der Waals surface area contributed by atoms with Gasteiger partial charge in [-0.15, -0.1) is 0 Å². The number of Topliss-reactive ketones (excluding diaryl/α,β-unsaturated/α-hetero) is 1. The number of carbonyl (C=O) groups excluding carboxylic acids is 1. The van der Waals surface area contributed by atoms with Crippen molar-refractivity contribution < 1.29 is 9.21 Å². The highest BCUT2D eigenvalue weighted by atomic mass is 32.2. The van der Waals surface area contributed by atoms with Crippen LogP contribution in [-0.2, 0) is 6.42 Å². The van der Waals surface area contributed by atoms with Crippen molar-refractivity contribution in [3.05, 3.63) is 39.5 Å².